The topological polar surface area (TPSA) is 93.5 Å². The summed E-state index contributed by atoms with van der Waals surface area (Å²) in [6, 6.07) is 11.7. The lowest BCUT2D eigenvalue weighted by atomic mass is 9.87. The van der Waals surface area contributed by atoms with Gasteiger partial charge in [-0.2, -0.15) is 0 Å². The van der Waals surface area contributed by atoms with Crippen molar-refractivity contribution in [2.24, 2.45) is 5.14 Å². The third-order valence-electron chi connectivity index (χ3n) is 4.10. The van der Waals surface area contributed by atoms with Crippen molar-refractivity contribution < 1.29 is 18.2 Å². The van der Waals surface area contributed by atoms with Crippen LogP contribution in [0.25, 0.3) is 0 Å². The van der Waals surface area contributed by atoms with Crippen LogP contribution in [0.1, 0.15) is 47.8 Å². The van der Waals surface area contributed by atoms with E-state index in [2.05, 4.69) is 35.6 Å². The minimum absolute atomic E-state index is 0.0774. The van der Waals surface area contributed by atoms with Crippen LogP contribution in [0.4, 0.5) is 9.18 Å². The summed E-state index contributed by atoms with van der Waals surface area (Å²) in [7, 11) is 0. The van der Waals surface area contributed by atoms with Crippen LogP contribution < -0.4 is 15.8 Å². The smallest absolute Gasteiger partial charge is 0.354 e. The molecule has 0 aromatic heterocycles. The molecule has 0 radical (unpaired) electrons. The van der Waals surface area contributed by atoms with E-state index in [1.165, 1.54) is 23.8 Å². The standard InChI is InChI=1S/C20H24FN3O3S/c1-20(2,3)15-7-4-13(5-8-15)11-23-19(26)24-12-14-6-9-16(17(21)10-14)18(25)27-28-22/h4-10H,11-12,22H2,1-3H3,(H2,23,24,26). The number of carbonyl (C=O) groups is 2. The van der Waals surface area contributed by atoms with Crippen LogP contribution in [0.3, 0.4) is 0 Å². The lowest BCUT2D eigenvalue weighted by Gasteiger charge is -2.19. The Bertz CT molecular complexity index is 836. The number of rotatable bonds is 6. The quantitative estimate of drug-likeness (QED) is 0.502. The first-order valence-corrected chi connectivity index (χ1v) is 9.48. The fourth-order valence-corrected chi connectivity index (χ4v) is 2.65. The van der Waals surface area contributed by atoms with Gasteiger partial charge in [0.05, 0.1) is 5.56 Å². The Morgan fingerprint density at radius 2 is 1.61 bits per heavy atom. The van der Waals surface area contributed by atoms with Gasteiger partial charge in [0.15, 0.2) is 0 Å². The second kappa shape index (κ2) is 9.57. The van der Waals surface area contributed by atoms with Gasteiger partial charge in [0.25, 0.3) is 0 Å². The molecule has 0 bridgehead atoms. The van der Waals surface area contributed by atoms with Crippen molar-refractivity contribution in [2.45, 2.75) is 39.3 Å². The van der Waals surface area contributed by atoms with Gasteiger partial charge in [-0.1, -0.05) is 51.1 Å². The molecule has 0 unspecified atom stereocenters. The van der Waals surface area contributed by atoms with E-state index < -0.39 is 11.8 Å². The molecule has 0 spiro atoms. The van der Waals surface area contributed by atoms with Crippen LogP contribution in [0, 0.1) is 5.82 Å². The molecule has 0 heterocycles. The minimum Gasteiger partial charge on any atom is -0.371 e. The monoisotopic (exact) mass is 405 g/mol. The maximum absolute atomic E-state index is 14.0. The number of halogens is 1. The second-order valence-corrected chi connectivity index (χ2v) is 7.62. The molecule has 6 nitrogen and oxygen atoms in total. The highest BCUT2D eigenvalue weighted by Crippen LogP contribution is 2.22. The molecule has 0 saturated heterocycles. The van der Waals surface area contributed by atoms with Crippen LogP contribution >= 0.6 is 12.2 Å². The highest BCUT2D eigenvalue weighted by atomic mass is 32.2. The number of amides is 2. The summed E-state index contributed by atoms with van der Waals surface area (Å²) in [5.74, 6) is -1.60. The number of benzene rings is 2. The zero-order valence-electron chi connectivity index (χ0n) is 16.0. The molecule has 0 atom stereocenters. The van der Waals surface area contributed by atoms with Crippen molar-refractivity contribution in [2.75, 3.05) is 0 Å². The lowest BCUT2D eigenvalue weighted by molar-refractivity contribution is 0.0763. The van der Waals surface area contributed by atoms with Gasteiger partial charge in [0.1, 0.15) is 18.0 Å². The summed E-state index contributed by atoms with van der Waals surface area (Å²) in [6.07, 6.45) is 0. The average Bonchev–Trinajstić information content (AvgIpc) is 2.64. The van der Waals surface area contributed by atoms with Crippen molar-refractivity contribution in [3.8, 4) is 0 Å². The number of hydrogen-bond donors (Lipinski definition) is 3. The number of nitrogens with two attached hydrogens (primary N) is 1. The van der Waals surface area contributed by atoms with Crippen LogP contribution in [0.2, 0.25) is 0 Å². The van der Waals surface area contributed by atoms with Gasteiger partial charge >= 0.3 is 12.0 Å². The van der Waals surface area contributed by atoms with Crippen LogP contribution in [-0.4, -0.2) is 12.0 Å². The lowest BCUT2D eigenvalue weighted by Crippen LogP contribution is -2.34. The molecule has 2 aromatic carbocycles. The summed E-state index contributed by atoms with van der Waals surface area (Å²) < 4.78 is 18.4. The Labute approximate surface area is 168 Å². The van der Waals surface area contributed by atoms with Gasteiger partial charge < -0.3 is 14.8 Å². The van der Waals surface area contributed by atoms with Crippen molar-refractivity contribution in [3.05, 3.63) is 70.5 Å². The molecular weight excluding hydrogens is 381 g/mol. The number of carbonyl (C=O) groups excluding carboxylic acids is 2. The maximum Gasteiger partial charge on any atom is 0.354 e. The predicted molar refractivity (Wildman–Crippen MR) is 108 cm³/mol. The first-order chi connectivity index (χ1) is 13.2. The second-order valence-electron chi connectivity index (χ2n) is 7.26. The SMILES string of the molecule is CC(C)(C)c1ccc(CNC(=O)NCc2ccc(C(=O)OSN)c(F)c2)cc1. The summed E-state index contributed by atoms with van der Waals surface area (Å²) in [5.41, 5.74) is 2.58. The van der Waals surface area contributed by atoms with Gasteiger partial charge in [-0.3, -0.25) is 0 Å². The molecule has 8 heteroatoms. The fourth-order valence-electron chi connectivity index (χ4n) is 2.47. The van der Waals surface area contributed by atoms with E-state index in [1.807, 2.05) is 24.3 Å². The third-order valence-corrected chi connectivity index (χ3v) is 4.35. The van der Waals surface area contributed by atoms with E-state index >= 15 is 0 Å². The molecule has 0 fully saturated rings. The molecule has 150 valence electrons. The molecule has 28 heavy (non-hydrogen) atoms. The van der Waals surface area contributed by atoms with E-state index in [0.717, 1.165) is 5.56 Å². The Morgan fingerprint density at radius 1 is 1.04 bits per heavy atom. The van der Waals surface area contributed by atoms with Crippen molar-refractivity contribution >= 4 is 24.2 Å². The molecule has 0 saturated carbocycles. The van der Waals surface area contributed by atoms with Crippen LogP contribution in [0.5, 0.6) is 0 Å². The van der Waals surface area contributed by atoms with E-state index in [9.17, 15) is 14.0 Å². The van der Waals surface area contributed by atoms with Gasteiger partial charge in [0.2, 0.25) is 0 Å². The largest absolute Gasteiger partial charge is 0.371 e. The summed E-state index contributed by atoms with van der Waals surface area (Å²) in [4.78, 5) is 23.5. The zero-order valence-corrected chi connectivity index (χ0v) is 16.9. The summed E-state index contributed by atoms with van der Waals surface area (Å²) in [5, 5.41) is 10.4. The van der Waals surface area contributed by atoms with E-state index in [-0.39, 0.29) is 23.6 Å². The first kappa shape index (κ1) is 21.7. The van der Waals surface area contributed by atoms with Crippen LogP contribution in [0.15, 0.2) is 42.5 Å². The van der Waals surface area contributed by atoms with Crippen LogP contribution in [-0.2, 0) is 22.7 Å². The molecule has 0 aliphatic carbocycles. The molecule has 0 aliphatic heterocycles. The first-order valence-electron chi connectivity index (χ1n) is 8.68. The maximum atomic E-state index is 14.0. The highest BCUT2D eigenvalue weighted by Gasteiger charge is 2.15. The van der Waals surface area contributed by atoms with E-state index in [1.54, 1.807) is 0 Å². The van der Waals surface area contributed by atoms with Gasteiger partial charge in [-0.25, -0.2) is 19.1 Å². The summed E-state index contributed by atoms with van der Waals surface area (Å²) >= 11 is 0.356. The third kappa shape index (κ3) is 6.24. The summed E-state index contributed by atoms with van der Waals surface area (Å²) in [6.45, 7) is 6.92. The Hall–Kier alpha value is -2.58. The van der Waals surface area contributed by atoms with Gasteiger partial charge in [0, 0.05) is 13.1 Å². The average molecular weight is 405 g/mol. The number of hydrogen-bond acceptors (Lipinski definition) is 5. The number of urea groups is 1. The minimum atomic E-state index is -0.861. The molecule has 4 N–H and O–H groups in total. The van der Waals surface area contributed by atoms with Crippen molar-refractivity contribution in [1.82, 2.24) is 10.6 Å². The normalized spacial score (nSPS) is 11.0. The number of nitrogens with one attached hydrogen (secondary N) is 2. The van der Waals surface area contributed by atoms with E-state index in [0.29, 0.717) is 24.3 Å². The molecule has 2 amide bonds. The molecule has 2 aromatic rings. The Balaban J connectivity index is 1.84. The fraction of sp³-hybridized carbons (Fsp3) is 0.300. The Morgan fingerprint density at radius 3 is 2.14 bits per heavy atom. The highest BCUT2D eigenvalue weighted by molar-refractivity contribution is 7.92. The molecule has 0 aliphatic rings. The van der Waals surface area contributed by atoms with E-state index in [4.69, 9.17) is 5.14 Å². The molecular formula is C20H24FN3O3S. The van der Waals surface area contributed by atoms with Gasteiger partial charge in [-0.05, 0) is 34.2 Å². The Kier molecular flexibility index (Phi) is 7.42. The van der Waals surface area contributed by atoms with Crippen molar-refractivity contribution in [3.63, 3.8) is 0 Å². The molecule has 2 rings (SSSR count). The van der Waals surface area contributed by atoms with Gasteiger partial charge in [-0.15, -0.1) is 0 Å². The van der Waals surface area contributed by atoms with Crippen molar-refractivity contribution in [1.29, 1.82) is 0 Å². The predicted octanol–water partition coefficient (Wildman–Crippen LogP) is 3.80. The zero-order chi connectivity index (χ0) is 20.7.